The Morgan fingerprint density at radius 1 is 1.33 bits per heavy atom. The van der Waals surface area contributed by atoms with E-state index < -0.39 is 15.6 Å². The van der Waals surface area contributed by atoms with Crippen molar-refractivity contribution in [2.24, 2.45) is 5.84 Å². The van der Waals surface area contributed by atoms with E-state index in [1.54, 1.807) is 26.0 Å². The summed E-state index contributed by atoms with van der Waals surface area (Å²) in [7, 11) is -3.35. The van der Waals surface area contributed by atoms with E-state index in [0.29, 0.717) is 11.3 Å². The van der Waals surface area contributed by atoms with Gasteiger partial charge in [-0.15, -0.1) is 0 Å². The van der Waals surface area contributed by atoms with E-state index in [9.17, 15) is 13.2 Å². The van der Waals surface area contributed by atoms with Gasteiger partial charge in [-0.1, -0.05) is 11.6 Å². The molecular formula is C13H22N4O3S. The number of carbonyl (C=O) groups is 1. The minimum absolute atomic E-state index is 0.150. The molecule has 0 heterocycles. The van der Waals surface area contributed by atoms with Gasteiger partial charge in [0.1, 0.15) is 0 Å². The molecule has 0 radical (unpaired) electrons. The summed E-state index contributed by atoms with van der Waals surface area (Å²) >= 11 is 0. The molecular weight excluding hydrogens is 292 g/mol. The Kier molecular flexibility index (Phi) is 5.32. The third-order valence-electron chi connectivity index (χ3n) is 2.73. The van der Waals surface area contributed by atoms with E-state index in [1.165, 1.54) is 0 Å². The Morgan fingerprint density at radius 3 is 2.48 bits per heavy atom. The Morgan fingerprint density at radius 2 is 1.95 bits per heavy atom. The van der Waals surface area contributed by atoms with Gasteiger partial charge in [0, 0.05) is 12.1 Å². The highest BCUT2D eigenvalue weighted by molar-refractivity contribution is 7.88. The number of benzene rings is 1. The molecule has 1 rings (SSSR count). The maximum atomic E-state index is 12.2. The second-order valence-electron chi connectivity index (χ2n) is 5.63. The first kappa shape index (κ1) is 17.4. The normalized spacial score (nSPS) is 12.0. The van der Waals surface area contributed by atoms with Crippen LogP contribution in [0.5, 0.6) is 0 Å². The number of hydrogen-bond acceptors (Lipinski definition) is 5. The first-order valence-corrected chi connectivity index (χ1v) is 8.28. The van der Waals surface area contributed by atoms with Crippen molar-refractivity contribution >= 4 is 21.6 Å². The number of aryl methyl sites for hydroxylation is 1. The summed E-state index contributed by atoms with van der Waals surface area (Å²) < 4.78 is 25.0. The van der Waals surface area contributed by atoms with Crippen LogP contribution in [0.25, 0.3) is 0 Å². The van der Waals surface area contributed by atoms with Crippen LogP contribution in [0.2, 0.25) is 0 Å². The third kappa shape index (κ3) is 5.70. The summed E-state index contributed by atoms with van der Waals surface area (Å²) in [5.74, 6) is 5.06. The maximum absolute atomic E-state index is 12.2. The predicted octanol–water partition coefficient (Wildman–Crippen LogP) is 0.338. The second kappa shape index (κ2) is 6.42. The highest BCUT2D eigenvalue weighted by atomic mass is 32.2. The number of carbonyl (C=O) groups excluding carboxylic acids is 1. The fourth-order valence-corrected chi connectivity index (χ4v) is 2.98. The molecule has 0 saturated heterocycles. The number of anilines is 1. The van der Waals surface area contributed by atoms with Crippen LogP contribution in [0, 0.1) is 6.92 Å². The average molecular weight is 314 g/mol. The summed E-state index contributed by atoms with van der Waals surface area (Å²) in [6.07, 6.45) is 1.08. The fraction of sp³-hybridized carbons (Fsp3) is 0.462. The first-order valence-electron chi connectivity index (χ1n) is 6.38. The van der Waals surface area contributed by atoms with Crippen molar-refractivity contribution in [3.05, 3.63) is 29.3 Å². The minimum Gasteiger partial charge on any atom is -0.350 e. The van der Waals surface area contributed by atoms with Crippen molar-refractivity contribution in [2.75, 3.05) is 18.2 Å². The smallest absolute Gasteiger partial charge is 0.253 e. The second-order valence-corrected chi connectivity index (χ2v) is 7.38. The number of rotatable bonds is 6. The molecule has 0 bridgehead atoms. The molecule has 0 atom stereocenters. The third-order valence-corrected chi connectivity index (χ3v) is 3.65. The standard InChI is InChI=1S/C13H22N4O3S/c1-9-5-6-11(16-14)10(7-9)12(18)15-8-13(2,3)17-21(4,19)20/h5-7,16-17H,8,14H2,1-4H3,(H,15,18). The molecule has 0 saturated carbocycles. The van der Waals surface area contributed by atoms with Crippen LogP contribution >= 0.6 is 0 Å². The number of amides is 1. The molecule has 1 aromatic rings. The number of nitrogens with two attached hydrogens (primary N) is 1. The monoisotopic (exact) mass is 314 g/mol. The van der Waals surface area contributed by atoms with Gasteiger partial charge in [0.05, 0.1) is 17.5 Å². The first-order chi connectivity index (χ1) is 9.54. The molecule has 118 valence electrons. The molecule has 0 unspecified atom stereocenters. The van der Waals surface area contributed by atoms with E-state index in [4.69, 9.17) is 5.84 Å². The largest absolute Gasteiger partial charge is 0.350 e. The van der Waals surface area contributed by atoms with Crippen molar-refractivity contribution in [1.82, 2.24) is 10.0 Å². The molecule has 5 N–H and O–H groups in total. The van der Waals surface area contributed by atoms with Gasteiger partial charge in [0.15, 0.2) is 0 Å². The van der Waals surface area contributed by atoms with Crippen LogP contribution in [-0.4, -0.2) is 32.7 Å². The molecule has 1 aromatic carbocycles. The molecule has 0 spiro atoms. The molecule has 1 amide bonds. The Labute approximate surface area is 125 Å². The highest BCUT2D eigenvalue weighted by Crippen LogP contribution is 2.16. The quantitative estimate of drug-likeness (QED) is 0.447. The molecule has 0 fully saturated rings. The Bertz CT molecular complexity index is 626. The van der Waals surface area contributed by atoms with E-state index in [1.807, 2.05) is 13.0 Å². The SMILES string of the molecule is Cc1ccc(NN)c(C(=O)NCC(C)(C)NS(C)(=O)=O)c1. The van der Waals surface area contributed by atoms with Crippen molar-refractivity contribution in [3.63, 3.8) is 0 Å². The topological polar surface area (TPSA) is 113 Å². The van der Waals surface area contributed by atoms with Gasteiger partial charge in [0.25, 0.3) is 5.91 Å². The molecule has 0 aliphatic rings. The summed E-state index contributed by atoms with van der Waals surface area (Å²) in [6.45, 7) is 5.39. The molecule has 0 aliphatic carbocycles. The van der Waals surface area contributed by atoms with Crippen LogP contribution < -0.4 is 21.3 Å². The average Bonchev–Trinajstić information content (AvgIpc) is 2.33. The van der Waals surface area contributed by atoms with Gasteiger partial charge in [-0.05, 0) is 32.9 Å². The van der Waals surface area contributed by atoms with Crippen molar-refractivity contribution < 1.29 is 13.2 Å². The number of sulfonamides is 1. The zero-order valence-corrected chi connectivity index (χ0v) is 13.5. The van der Waals surface area contributed by atoms with E-state index in [2.05, 4.69) is 15.5 Å². The van der Waals surface area contributed by atoms with Gasteiger partial charge in [-0.2, -0.15) is 0 Å². The molecule has 21 heavy (non-hydrogen) atoms. The Hall–Kier alpha value is -1.64. The summed E-state index contributed by atoms with van der Waals surface area (Å²) in [5, 5.41) is 2.70. The fourth-order valence-electron chi connectivity index (χ4n) is 1.91. The van der Waals surface area contributed by atoms with Gasteiger partial charge in [-0.3, -0.25) is 10.6 Å². The number of nitrogens with one attached hydrogen (secondary N) is 3. The van der Waals surface area contributed by atoms with E-state index in [-0.39, 0.29) is 12.5 Å². The van der Waals surface area contributed by atoms with E-state index in [0.717, 1.165) is 11.8 Å². The lowest BCUT2D eigenvalue weighted by molar-refractivity contribution is 0.0945. The van der Waals surface area contributed by atoms with Crippen molar-refractivity contribution in [1.29, 1.82) is 0 Å². The van der Waals surface area contributed by atoms with Crippen molar-refractivity contribution in [3.8, 4) is 0 Å². The lowest BCUT2D eigenvalue weighted by atomic mass is 10.1. The summed E-state index contributed by atoms with van der Waals surface area (Å²) in [6, 6.07) is 5.26. The van der Waals surface area contributed by atoms with Crippen molar-refractivity contribution in [2.45, 2.75) is 26.3 Å². The van der Waals surface area contributed by atoms with Crippen LogP contribution in [0.4, 0.5) is 5.69 Å². The minimum atomic E-state index is -3.35. The molecule has 8 heteroatoms. The summed E-state index contributed by atoms with van der Waals surface area (Å²) in [5.41, 5.74) is 3.52. The lowest BCUT2D eigenvalue weighted by Gasteiger charge is -2.25. The maximum Gasteiger partial charge on any atom is 0.253 e. The molecule has 7 nitrogen and oxygen atoms in total. The molecule has 0 aromatic heterocycles. The van der Waals surface area contributed by atoms with Crippen LogP contribution in [-0.2, 0) is 10.0 Å². The zero-order valence-electron chi connectivity index (χ0n) is 12.6. The van der Waals surface area contributed by atoms with Gasteiger partial charge in [0.2, 0.25) is 10.0 Å². The molecule has 0 aliphatic heterocycles. The summed E-state index contributed by atoms with van der Waals surface area (Å²) in [4.78, 5) is 12.2. The zero-order chi connectivity index (χ0) is 16.3. The number of hydrazine groups is 1. The van der Waals surface area contributed by atoms with Gasteiger partial charge < -0.3 is 10.7 Å². The number of hydrogen-bond donors (Lipinski definition) is 4. The van der Waals surface area contributed by atoms with Crippen LogP contribution in [0.3, 0.4) is 0 Å². The van der Waals surface area contributed by atoms with Crippen LogP contribution in [0.15, 0.2) is 18.2 Å². The van der Waals surface area contributed by atoms with Gasteiger partial charge >= 0.3 is 0 Å². The highest BCUT2D eigenvalue weighted by Gasteiger charge is 2.23. The van der Waals surface area contributed by atoms with Crippen LogP contribution in [0.1, 0.15) is 29.8 Å². The predicted molar refractivity (Wildman–Crippen MR) is 83.4 cm³/mol. The lowest BCUT2D eigenvalue weighted by Crippen LogP contribution is -2.51. The Balaban J connectivity index is 2.81. The van der Waals surface area contributed by atoms with Gasteiger partial charge in [-0.25, -0.2) is 13.1 Å². The number of nitrogen functional groups attached to an aromatic ring is 1. The van der Waals surface area contributed by atoms with E-state index >= 15 is 0 Å².